The van der Waals surface area contributed by atoms with Gasteiger partial charge in [0.1, 0.15) is 11.7 Å². The van der Waals surface area contributed by atoms with Gasteiger partial charge in [-0.1, -0.05) is 43.6 Å². The van der Waals surface area contributed by atoms with E-state index in [-0.39, 0.29) is 31.0 Å². The van der Waals surface area contributed by atoms with Crippen molar-refractivity contribution >= 4 is 46.1 Å². The average Bonchev–Trinajstić information content (AvgIpc) is 3.13. The first-order chi connectivity index (χ1) is 14.6. The average molecular weight is 454 g/mol. The summed E-state index contributed by atoms with van der Waals surface area (Å²) in [6.07, 6.45) is -0.0680. The third-order valence-corrected chi connectivity index (χ3v) is 4.57. The van der Waals surface area contributed by atoms with Gasteiger partial charge >= 0.3 is 0 Å². The van der Waals surface area contributed by atoms with E-state index in [2.05, 4.69) is 15.7 Å². The maximum absolute atomic E-state index is 13.3. The van der Waals surface area contributed by atoms with Gasteiger partial charge < -0.3 is 16.0 Å². The maximum Gasteiger partial charge on any atom is 0.291 e. The lowest BCUT2D eigenvalue weighted by atomic mass is 10.0. The summed E-state index contributed by atoms with van der Waals surface area (Å²) in [7, 11) is 0. The van der Waals surface area contributed by atoms with Crippen LogP contribution in [0.15, 0.2) is 30.3 Å². The number of rotatable bonds is 9. The molecule has 1 aromatic heterocycles. The number of halogens is 2. The van der Waals surface area contributed by atoms with Crippen molar-refractivity contribution in [3.63, 3.8) is 0 Å². The van der Waals surface area contributed by atoms with Crippen LogP contribution in [0.25, 0.3) is 10.9 Å². The monoisotopic (exact) mass is 453 g/mol. The van der Waals surface area contributed by atoms with Crippen molar-refractivity contribution in [2.75, 3.05) is 6.54 Å². The number of hydrogen-bond donors (Lipinski definition) is 4. The highest BCUT2D eigenvalue weighted by molar-refractivity contribution is 6.29. The molecule has 0 spiro atoms. The summed E-state index contributed by atoms with van der Waals surface area (Å²) in [5, 5.41) is 4.05. The fourth-order valence-corrected chi connectivity index (χ4v) is 3.02. The van der Waals surface area contributed by atoms with Crippen LogP contribution in [0.3, 0.4) is 0 Å². The first-order valence-electron chi connectivity index (χ1n) is 9.65. The van der Waals surface area contributed by atoms with Crippen LogP contribution >= 0.6 is 11.6 Å². The Morgan fingerprint density at radius 1 is 1.23 bits per heavy atom. The van der Waals surface area contributed by atoms with E-state index in [1.807, 2.05) is 38.1 Å². The van der Waals surface area contributed by atoms with Crippen LogP contribution in [-0.2, 0) is 14.4 Å². The summed E-state index contributed by atoms with van der Waals surface area (Å²) in [4.78, 5) is 51.4. The molecule has 2 rings (SSSR count). The second-order valence-electron chi connectivity index (χ2n) is 7.41. The molecule has 0 saturated heterocycles. The molecule has 11 heteroatoms. The Morgan fingerprint density at radius 3 is 2.48 bits per heavy atom. The quantitative estimate of drug-likeness (QED) is 0.338. The number of hydrogen-bond acceptors (Lipinski definition) is 4. The molecule has 0 fully saturated rings. The van der Waals surface area contributed by atoms with Gasteiger partial charge in [-0.3, -0.25) is 24.6 Å². The van der Waals surface area contributed by atoms with Crippen molar-refractivity contribution in [1.82, 2.24) is 20.7 Å². The van der Waals surface area contributed by atoms with Gasteiger partial charge in [0.05, 0.1) is 6.54 Å². The molecule has 1 heterocycles. The Bertz CT molecular complexity index is 929. The minimum absolute atomic E-state index is 0.00971. The number of amides is 4. The molecule has 9 nitrogen and oxygen atoms in total. The summed E-state index contributed by atoms with van der Waals surface area (Å²) in [5.41, 5.74) is 5.89. The normalized spacial score (nSPS) is 12.9. The van der Waals surface area contributed by atoms with E-state index in [4.69, 9.17) is 17.3 Å². The van der Waals surface area contributed by atoms with Gasteiger partial charge in [-0.15, -0.1) is 0 Å². The molecule has 2 atom stereocenters. The number of benzene rings is 1. The van der Waals surface area contributed by atoms with E-state index in [1.165, 1.54) is 0 Å². The van der Waals surface area contributed by atoms with Gasteiger partial charge in [0.25, 0.3) is 23.4 Å². The molecule has 2 unspecified atom stereocenters. The van der Waals surface area contributed by atoms with Crippen molar-refractivity contribution < 1.29 is 23.6 Å². The molecule has 0 aliphatic rings. The van der Waals surface area contributed by atoms with E-state index < -0.39 is 35.3 Å². The highest BCUT2D eigenvalue weighted by Crippen LogP contribution is 2.15. The predicted molar refractivity (Wildman–Crippen MR) is 113 cm³/mol. The molecular formula is C20H25ClFN5O4. The van der Waals surface area contributed by atoms with Crippen molar-refractivity contribution in [3.8, 4) is 0 Å². The number of nitrogens with zero attached hydrogens (tertiary/aromatic N) is 1. The molecule has 5 N–H and O–H groups in total. The Hall–Kier alpha value is -3.14. The van der Waals surface area contributed by atoms with Crippen LogP contribution in [0.4, 0.5) is 4.39 Å². The number of hydrazine groups is 1. The first-order valence-corrected chi connectivity index (χ1v) is 10.1. The van der Waals surface area contributed by atoms with E-state index in [0.717, 1.165) is 10.9 Å². The number of alkyl halides is 2. The van der Waals surface area contributed by atoms with Crippen LogP contribution < -0.4 is 16.5 Å². The number of nitrogens with one attached hydrogen (secondary N) is 3. The molecule has 0 aliphatic carbocycles. The molecule has 0 bridgehead atoms. The number of primary amides is 1. The van der Waals surface area contributed by atoms with Crippen molar-refractivity contribution in [1.29, 1.82) is 0 Å². The number of aromatic nitrogens is 1. The van der Waals surface area contributed by atoms with Crippen LogP contribution in [0.2, 0.25) is 0 Å². The van der Waals surface area contributed by atoms with Crippen molar-refractivity contribution in [2.45, 2.75) is 38.4 Å². The summed E-state index contributed by atoms with van der Waals surface area (Å²) >= 11 is 5.19. The fourth-order valence-electron chi connectivity index (χ4n) is 2.91. The third-order valence-electron chi connectivity index (χ3n) is 4.38. The van der Waals surface area contributed by atoms with Crippen LogP contribution in [0, 0.1) is 5.92 Å². The molecule has 1 aromatic carbocycles. The van der Waals surface area contributed by atoms with Crippen molar-refractivity contribution in [2.24, 2.45) is 11.7 Å². The van der Waals surface area contributed by atoms with Crippen LogP contribution in [0.1, 0.15) is 37.2 Å². The van der Waals surface area contributed by atoms with Gasteiger partial charge in [-0.25, -0.2) is 9.40 Å². The number of para-hydroxylation sites is 1. The van der Waals surface area contributed by atoms with E-state index in [1.54, 1.807) is 6.07 Å². The van der Waals surface area contributed by atoms with Gasteiger partial charge in [0.2, 0.25) is 5.91 Å². The zero-order valence-electron chi connectivity index (χ0n) is 17.2. The smallest absolute Gasteiger partial charge is 0.291 e. The lowest BCUT2D eigenvalue weighted by Gasteiger charge is -2.27. The van der Waals surface area contributed by atoms with E-state index >= 15 is 0 Å². The minimum Gasteiger partial charge on any atom is -0.370 e. The summed E-state index contributed by atoms with van der Waals surface area (Å²) in [6.45, 7) is 3.33. The number of carbonyl (C=O) groups is 4. The second-order valence-corrected chi connectivity index (χ2v) is 7.79. The van der Waals surface area contributed by atoms with Crippen molar-refractivity contribution in [3.05, 3.63) is 36.0 Å². The highest BCUT2D eigenvalue weighted by Gasteiger charge is 2.29. The third kappa shape index (κ3) is 6.95. The Balaban J connectivity index is 2.16. The van der Waals surface area contributed by atoms with E-state index in [9.17, 15) is 23.6 Å². The number of nitrogens with two attached hydrogens (primary N) is 1. The van der Waals surface area contributed by atoms with Crippen LogP contribution in [0.5, 0.6) is 0 Å². The Kier molecular flexibility index (Phi) is 8.38. The molecular weight excluding hydrogens is 429 g/mol. The lowest BCUT2D eigenvalue weighted by Crippen LogP contribution is -2.56. The van der Waals surface area contributed by atoms with Crippen LogP contribution in [-0.4, -0.2) is 51.8 Å². The lowest BCUT2D eigenvalue weighted by molar-refractivity contribution is -0.144. The Morgan fingerprint density at radius 2 is 1.90 bits per heavy atom. The highest BCUT2D eigenvalue weighted by atomic mass is 35.5. The summed E-state index contributed by atoms with van der Waals surface area (Å²) in [6, 6.07) is 7.92. The van der Waals surface area contributed by atoms with E-state index in [0.29, 0.717) is 5.01 Å². The number of aromatic amines is 1. The molecule has 4 amide bonds. The number of carbonyl (C=O) groups excluding carboxylic acids is 4. The largest absolute Gasteiger partial charge is 0.370 e. The maximum atomic E-state index is 13.3. The molecule has 0 saturated carbocycles. The predicted octanol–water partition coefficient (Wildman–Crippen LogP) is 1.58. The summed E-state index contributed by atoms with van der Waals surface area (Å²) in [5.74, 6) is -3.26. The van der Waals surface area contributed by atoms with Gasteiger partial charge in [-0.2, -0.15) is 0 Å². The van der Waals surface area contributed by atoms with Gasteiger partial charge in [0, 0.05) is 17.3 Å². The molecule has 2 aromatic rings. The minimum atomic E-state index is -2.42. The number of H-pyrrole nitrogens is 1. The van der Waals surface area contributed by atoms with Gasteiger partial charge in [-0.05, 0) is 24.5 Å². The van der Waals surface area contributed by atoms with Gasteiger partial charge in [0.15, 0.2) is 0 Å². The SMILES string of the molecule is CC(C)CC(NC(=O)c1cc2ccccc2[nH]1)C(=O)NN(CCC(N)=O)C(=O)C(F)Cl. The molecule has 0 radical (unpaired) electrons. The molecule has 168 valence electrons. The standard InChI is InChI=1S/C20H25ClFN5O4/c1-11(2)9-14(19(30)26-27(8-7-16(23)28)20(31)17(21)22)25-18(29)15-10-12-5-3-4-6-13(12)24-15/h3-6,10-11,14,17,24H,7-9H2,1-2H3,(H2,23,28)(H,25,29)(H,26,30). The number of fused-ring (bicyclic) bond motifs is 1. The first kappa shape index (κ1) is 24.1. The zero-order valence-corrected chi connectivity index (χ0v) is 17.9. The Labute approximate surface area is 183 Å². The fraction of sp³-hybridized carbons (Fsp3) is 0.400. The topological polar surface area (TPSA) is 137 Å². The molecule has 31 heavy (non-hydrogen) atoms. The molecule has 0 aliphatic heterocycles. The second kappa shape index (κ2) is 10.8. The summed E-state index contributed by atoms with van der Waals surface area (Å²) < 4.78 is 13.3. The zero-order chi connectivity index (χ0) is 23.1.